The van der Waals surface area contributed by atoms with Gasteiger partial charge in [-0.15, -0.1) is 11.3 Å². The van der Waals surface area contributed by atoms with E-state index in [0.717, 1.165) is 12.8 Å². The first-order valence-electron chi connectivity index (χ1n) is 5.03. The van der Waals surface area contributed by atoms with Crippen LogP contribution in [-0.4, -0.2) is 25.8 Å². The molecule has 1 rings (SSSR count). The van der Waals surface area contributed by atoms with E-state index < -0.39 is 10.0 Å². The Kier molecular flexibility index (Phi) is 4.93. The van der Waals surface area contributed by atoms with Crippen molar-refractivity contribution in [3.8, 4) is 6.07 Å². The highest BCUT2D eigenvalue weighted by Gasteiger charge is 2.24. The third kappa shape index (κ3) is 3.04. The predicted octanol–water partition coefficient (Wildman–Crippen LogP) is 2.06. The molecule has 0 atom stereocenters. The minimum atomic E-state index is -3.46. The second kappa shape index (κ2) is 5.99. The van der Waals surface area contributed by atoms with E-state index in [1.807, 2.05) is 13.0 Å². The number of unbranched alkanes of at least 4 members (excludes halogenated alkanes) is 1. The number of hydrogen-bond donors (Lipinski definition) is 0. The minimum absolute atomic E-state index is 0.0831. The molecule has 0 fully saturated rings. The summed E-state index contributed by atoms with van der Waals surface area (Å²) in [5.74, 6) is 0. The summed E-state index contributed by atoms with van der Waals surface area (Å²) in [4.78, 5) is 0. The highest BCUT2D eigenvalue weighted by atomic mass is 32.2. The van der Waals surface area contributed by atoms with Crippen LogP contribution in [0.5, 0.6) is 0 Å². The molecule has 6 heteroatoms. The average molecular weight is 258 g/mol. The van der Waals surface area contributed by atoms with Crippen molar-refractivity contribution in [3.63, 3.8) is 0 Å². The molecule has 0 saturated heterocycles. The Labute approximate surface area is 100 Å². The van der Waals surface area contributed by atoms with Crippen LogP contribution in [0.1, 0.15) is 19.8 Å². The van der Waals surface area contributed by atoms with E-state index in [1.165, 1.54) is 15.6 Å². The van der Waals surface area contributed by atoms with Gasteiger partial charge in [-0.1, -0.05) is 19.4 Å². The van der Waals surface area contributed by atoms with Crippen LogP contribution < -0.4 is 0 Å². The van der Waals surface area contributed by atoms with E-state index in [4.69, 9.17) is 5.26 Å². The number of thiophene rings is 1. The number of nitriles is 1. The molecule has 4 nitrogen and oxygen atoms in total. The summed E-state index contributed by atoms with van der Waals surface area (Å²) in [6.45, 7) is 2.31. The van der Waals surface area contributed by atoms with Gasteiger partial charge in [0, 0.05) is 6.54 Å². The molecule has 0 N–H and O–H groups in total. The molecule has 0 bridgehead atoms. The molecular formula is C10H14N2O2S2. The van der Waals surface area contributed by atoms with Crippen molar-refractivity contribution in [3.05, 3.63) is 17.5 Å². The molecule has 16 heavy (non-hydrogen) atoms. The molecule has 0 radical (unpaired) electrons. The first-order chi connectivity index (χ1) is 7.62. The van der Waals surface area contributed by atoms with Gasteiger partial charge in [-0.05, 0) is 17.9 Å². The van der Waals surface area contributed by atoms with Crippen LogP contribution in [0.3, 0.4) is 0 Å². The molecule has 0 spiro atoms. The molecular weight excluding hydrogens is 244 g/mol. The Morgan fingerprint density at radius 3 is 2.81 bits per heavy atom. The fourth-order valence-electron chi connectivity index (χ4n) is 1.24. The molecule has 88 valence electrons. The molecule has 1 aromatic rings. The summed E-state index contributed by atoms with van der Waals surface area (Å²) in [6, 6.07) is 5.16. The number of sulfonamides is 1. The van der Waals surface area contributed by atoms with E-state index in [1.54, 1.807) is 17.5 Å². The van der Waals surface area contributed by atoms with Gasteiger partial charge < -0.3 is 0 Å². The highest BCUT2D eigenvalue weighted by molar-refractivity contribution is 7.91. The van der Waals surface area contributed by atoms with Gasteiger partial charge >= 0.3 is 0 Å². The fraction of sp³-hybridized carbons (Fsp3) is 0.500. The number of rotatable bonds is 6. The molecule has 0 aromatic carbocycles. The molecule has 0 aliphatic heterocycles. The quantitative estimate of drug-likeness (QED) is 0.734. The Morgan fingerprint density at radius 1 is 1.56 bits per heavy atom. The van der Waals surface area contributed by atoms with Crippen molar-refractivity contribution in [1.29, 1.82) is 5.26 Å². The predicted molar refractivity (Wildman–Crippen MR) is 63.6 cm³/mol. The van der Waals surface area contributed by atoms with Crippen molar-refractivity contribution < 1.29 is 8.42 Å². The van der Waals surface area contributed by atoms with E-state index >= 15 is 0 Å². The SMILES string of the molecule is CCCCN(CC#N)S(=O)(=O)c1cccs1. The number of nitrogens with zero attached hydrogens (tertiary/aromatic N) is 2. The van der Waals surface area contributed by atoms with Crippen LogP contribution in [0.2, 0.25) is 0 Å². The van der Waals surface area contributed by atoms with E-state index in [9.17, 15) is 8.42 Å². The van der Waals surface area contributed by atoms with Gasteiger partial charge in [0.15, 0.2) is 0 Å². The Bertz CT molecular complexity index is 446. The monoisotopic (exact) mass is 258 g/mol. The summed E-state index contributed by atoms with van der Waals surface area (Å²) in [5, 5.41) is 10.4. The lowest BCUT2D eigenvalue weighted by Gasteiger charge is -2.17. The zero-order chi connectivity index (χ0) is 12.0. The maximum Gasteiger partial charge on any atom is 0.253 e. The van der Waals surface area contributed by atoms with Gasteiger partial charge in [-0.25, -0.2) is 8.42 Å². The lowest BCUT2D eigenvalue weighted by molar-refractivity contribution is 0.437. The zero-order valence-corrected chi connectivity index (χ0v) is 10.7. The van der Waals surface area contributed by atoms with Crippen molar-refractivity contribution >= 4 is 21.4 Å². The third-order valence-corrected chi connectivity index (χ3v) is 5.32. The molecule has 1 aromatic heterocycles. The Hall–Kier alpha value is -0.900. The highest BCUT2D eigenvalue weighted by Crippen LogP contribution is 2.20. The molecule has 0 saturated carbocycles. The van der Waals surface area contributed by atoms with Crippen LogP contribution >= 0.6 is 11.3 Å². The van der Waals surface area contributed by atoms with Crippen LogP contribution in [0, 0.1) is 11.3 Å². The van der Waals surface area contributed by atoms with Gasteiger partial charge in [-0.3, -0.25) is 0 Å². The smallest absolute Gasteiger partial charge is 0.206 e. The normalized spacial score (nSPS) is 11.6. The van der Waals surface area contributed by atoms with Crippen LogP contribution in [0.4, 0.5) is 0 Å². The zero-order valence-electron chi connectivity index (χ0n) is 9.09. The Balaban J connectivity index is 2.89. The maximum absolute atomic E-state index is 12.1. The first kappa shape index (κ1) is 13.2. The van der Waals surface area contributed by atoms with Gasteiger partial charge in [-0.2, -0.15) is 9.57 Å². The minimum Gasteiger partial charge on any atom is -0.206 e. The second-order valence-corrected chi connectivity index (χ2v) is 6.39. The van der Waals surface area contributed by atoms with Crippen molar-refractivity contribution in [2.45, 2.75) is 24.0 Å². The first-order valence-corrected chi connectivity index (χ1v) is 7.35. The molecule has 0 unspecified atom stereocenters. The molecule has 0 aliphatic carbocycles. The number of hydrogen-bond acceptors (Lipinski definition) is 4. The van der Waals surface area contributed by atoms with Crippen molar-refractivity contribution in [2.75, 3.05) is 13.1 Å². The molecule has 1 heterocycles. The standard InChI is InChI=1S/C10H14N2O2S2/c1-2-3-7-12(8-6-11)16(13,14)10-5-4-9-15-10/h4-5,9H,2-3,7-8H2,1H3. The van der Waals surface area contributed by atoms with E-state index in [-0.39, 0.29) is 6.54 Å². The summed E-state index contributed by atoms with van der Waals surface area (Å²) in [6.07, 6.45) is 1.67. The topological polar surface area (TPSA) is 61.2 Å². The second-order valence-electron chi connectivity index (χ2n) is 3.28. The van der Waals surface area contributed by atoms with Crippen molar-refractivity contribution in [1.82, 2.24) is 4.31 Å². The molecule has 0 amide bonds. The van der Waals surface area contributed by atoms with Gasteiger partial charge in [0.2, 0.25) is 0 Å². The van der Waals surface area contributed by atoms with Gasteiger partial charge in [0.25, 0.3) is 10.0 Å². The average Bonchev–Trinajstić information content (AvgIpc) is 2.77. The molecule has 0 aliphatic rings. The largest absolute Gasteiger partial charge is 0.253 e. The summed E-state index contributed by atoms with van der Waals surface area (Å²) >= 11 is 1.18. The summed E-state index contributed by atoms with van der Waals surface area (Å²) < 4.78 is 25.7. The summed E-state index contributed by atoms with van der Waals surface area (Å²) in [5.41, 5.74) is 0. The third-order valence-electron chi connectivity index (χ3n) is 2.10. The van der Waals surface area contributed by atoms with E-state index in [0.29, 0.717) is 10.8 Å². The van der Waals surface area contributed by atoms with E-state index in [2.05, 4.69) is 0 Å². The van der Waals surface area contributed by atoms with Gasteiger partial charge in [0.1, 0.15) is 10.8 Å². The maximum atomic E-state index is 12.1. The fourth-order valence-corrected chi connectivity index (χ4v) is 3.75. The summed E-state index contributed by atoms with van der Waals surface area (Å²) in [7, 11) is -3.46. The Morgan fingerprint density at radius 2 is 2.31 bits per heavy atom. The van der Waals surface area contributed by atoms with Crippen LogP contribution in [-0.2, 0) is 10.0 Å². The van der Waals surface area contributed by atoms with Crippen LogP contribution in [0.25, 0.3) is 0 Å². The lowest BCUT2D eigenvalue weighted by Crippen LogP contribution is -2.31. The van der Waals surface area contributed by atoms with Gasteiger partial charge in [0.05, 0.1) is 6.07 Å². The van der Waals surface area contributed by atoms with Crippen molar-refractivity contribution in [2.24, 2.45) is 0 Å². The van der Waals surface area contributed by atoms with Crippen LogP contribution in [0.15, 0.2) is 21.7 Å². The lowest BCUT2D eigenvalue weighted by atomic mass is 10.3.